The quantitative estimate of drug-likeness (QED) is 0.562. The number of amides is 3. The average molecular weight is 386 g/mol. The Kier molecular flexibility index (Phi) is 7.38. The van der Waals surface area contributed by atoms with Crippen LogP contribution in [0.1, 0.15) is 34.9 Å². The van der Waals surface area contributed by atoms with Crippen LogP contribution in [0.25, 0.3) is 0 Å². The number of Topliss-reactive ketones (excluding diaryl/α,β-unsaturated/α-hetero) is 1. The van der Waals surface area contributed by atoms with E-state index in [9.17, 15) is 23.6 Å². The van der Waals surface area contributed by atoms with Crippen molar-refractivity contribution in [2.75, 3.05) is 7.05 Å². The Morgan fingerprint density at radius 1 is 0.964 bits per heavy atom. The van der Waals surface area contributed by atoms with Gasteiger partial charge in [-0.3, -0.25) is 19.7 Å². The summed E-state index contributed by atoms with van der Waals surface area (Å²) in [6, 6.07) is 12.4. The van der Waals surface area contributed by atoms with E-state index in [1.807, 2.05) is 0 Å². The Morgan fingerprint density at radius 2 is 1.61 bits per heavy atom. The number of nitrogens with one attached hydrogen (secondary N) is 2. The van der Waals surface area contributed by atoms with Crippen molar-refractivity contribution in [3.8, 4) is 0 Å². The fraction of sp³-hybridized carbons (Fsp3) is 0.200. The van der Waals surface area contributed by atoms with Crippen LogP contribution < -0.4 is 10.6 Å². The van der Waals surface area contributed by atoms with Gasteiger partial charge >= 0.3 is 12.0 Å². The number of halogens is 1. The zero-order chi connectivity index (χ0) is 20.5. The predicted molar refractivity (Wildman–Crippen MR) is 97.8 cm³/mol. The summed E-state index contributed by atoms with van der Waals surface area (Å²) in [6.45, 7) is 0. The normalized spacial score (nSPS) is 11.2. The number of rotatable bonds is 7. The minimum Gasteiger partial charge on any atom is -0.447 e. The highest BCUT2D eigenvalue weighted by Crippen LogP contribution is 2.19. The van der Waals surface area contributed by atoms with E-state index >= 15 is 0 Å². The lowest BCUT2D eigenvalue weighted by atomic mass is 10.1. The van der Waals surface area contributed by atoms with Crippen LogP contribution >= 0.6 is 0 Å². The van der Waals surface area contributed by atoms with Gasteiger partial charge in [0.15, 0.2) is 5.78 Å². The molecule has 2 aromatic rings. The molecule has 0 spiro atoms. The molecular weight excluding hydrogens is 367 g/mol. The molecule has 8 heteroatoms. The van der Waals surface area contributed by atoms with E-state index < -0.39 is 29.8 Å². The maximum atomic E-state index is 12.9. The Balaban J connectivity index is 2.01. The van der Waals surface area contributed by atoms with Crippen LogP contribution in [0.2, 0.25) is 0 Å². The molecule has 0 saturated heterocycles. The molecule has 0 bridgehead atoms. The molecule has 0 saturated carbocycles. The van der Waals surface area contributed by atoms with Gasteiger partial charge in [0.2, 0.25) is 6.10 Å². The summed E-state index contributed by atoms with van der Waals surface area (Å²) >= 11 is 0. The standard InChI is InChI=1S/C20H19FN2O5/c1-22-20(27)23-19(26)18(14-5-3-2-4-6-14)28-17(25)12-11-16(24)13-7-9-15(21)10-8-13/h2-10,18H,11-12H2,1H3,(H2,22,23,26,27)/t18-/m0/s1. The summed E-state index contributed by atoms with van der Waals surface area (Å²) in [6.07, 6.45) is -1.78. The number of carbonyl (C=O) groups is 4. The van der Waals surface area contributed by atoms with Crippen molar-refractivity contribution in [1.29, 1.82) is 0 Å². The van der Waals surface area contributed by atoms with Crippen molar-refractivity contribution >= 4 is 23.7 Å². The molecule has 2 N–H and O–H groups in total. The Labute approximate surface area is 160 Å². The second kappa shape index (κ2) is 9.96. The number of ketones is 1. The minimum atomic E-state index is -1.34. The molecule has 2 rings (SSSR count). The first-order valence-corrected chi connectivity index (χ1v) is 8.46. The number of benzene rings is 2. The highest BCUT2D eigenvalue weighted by atomic mass is 19.1. The van der Waals surface area contributed by atoms with Crippen LogP contribution in [0.5, 0.6) is 0 Å². The van der Waals surface area contributed by atoms with Crippen LogP contribution in [-0.2, 0) is 14.3 Å². The fourth-order valence-corrected chi connectivity index (χ4v) is 2.33. The summed E-state index contributed by atoms with van der Waals surface area (Å²) in [5.41, 5.74) is 0.647. The first-order valence-electron chi connectivity index (χ1n) is 8.46. The summed E-state index contributed by atoms with van der Waals surface area (Å²) in [5, 5.41) is 4.30. The first-order chi connectivity index (χ1) is 13.4. The van der Waals surface area contributed by atoms with Gasteiger partial charge in [-0.2, -0.15) is 0 Å². The van der Waals surface area contributed by atoms with E-state index in [1.165, 1.54) is 19.2 Å². The Bertz CT molecular complexity index is 853. The molecule has 0 fully saturated rings. The number of ether oxygens (including phenoxy) is 1. The van der Waals surface area contributed by atoms with Gasteiger partial charge in [-0.25, -0.2) is 9.18 Å². The zero-order valence-electron chi connectivity index (χ0n) is 15.1. The number of hydrogen-bond acceptors (Lipinski definition) is 5. The third-order valence-corrected chi connectivity index (χ3v) is 3.78. The first kappa shape index (κ1) is 20.8. The van der Waals surface area contributed by atoms with E-state index in [0.717, 1.165) is 12.1 Å². The molecule has 146 valence electrons. The third kappa shape index (κ3) is 6.01. The molecule has 0 aliphatic carbocycles. The smallest absolute Gasteiger partial charge is 0.321 e. The van der Waals surface area contributed by atoms with Gasteiger partial charge in [0.1, 0.15) is 5.82 Å². The lowest BCUT2D eigenvalue weighted by molar-refractivity contribution is -0.156. The Morgan fingerprint density at radius 3 is 2.21 bits per heavy atom. The maximum absolute atomic E-state index is 12.9. The van der Waals surface area contributed by atoms with Gasteiger partial charge in [0.05, 0.1) is 6.42 Å². The fourth-order valence-electron chi connectivity index (χ4n) is 2.33. The van der Waals surface area contributed by atoms with Crippen molar-refractivity contribution in [2.45, 2.75) is 18.9 Å². The SMILES string of the molecule is CNC(=O)NC(=O)[C@@H](OC(=O)CCC(=O)c1ccc(F)cc1)c1ccccc1. The predicted octanol–water partition coefficient (Wildman–Crippen LogP) is 2.53. The van der Waals surface area contributed by atoms with Crippen LogP contribution in [0, 0.1) is 5.82 Å². The summed E-state index contributed by atoms with van der Waals surface area (Å²) in [4.78, 5) is 47.9. The summed E-state index contributed by atoms with van der Waals surface area (Å²) in [7, 11) is 1.34. The monoisotopic (exact) mass is 386 g/mol. The van der Waals surface area contributed by atoms with E-state index in [1.54, 1.807) is 30.3 Å². The van der Waals surface area contributed by atoms with Gasteiger partial charge in [-0.15, -0.1) is 0 Å². The molecule has 1 atom stereocenters. The molecular formula is C20H19FN2O5. The van der Waals surface area contributed by atoms with Gasteiger partial charge in [0.25, 0.3) is 5.91 Å². The van der Waals surface area contributed by atoms with Crippen molar-refractivity contribution in [1.82, 2.24) is 10.6 Å². The highest BCUT2D eigenvalue weighted by Gasteiger charge is 2.26. The molecule has 28 heavy (non-hydrogen) atoms. The molecule has 2 aromatic carbocycles. The van der Waals surface area contributed by atoms with Crippen LogP contribution in [0.15, 0.2) is 54.6 Å². The Hall–Kier alpha value is -3.55. The van der Waals surface area contributed by atoms with Crippen molar-refractivity contribution in [2.24, 2.45) is 0 Å². The number of hydrogen-bond donors (Lipinski definition) is 2. The van der Waals surface area contributed by atoms with Gasteiger partial charge in [0, 0.05) is 24.6 Å². The van der Waals surface area contributed by atoms with Crippen molar-refractivity contribution < 1.29 is 28.3 Å². The van der Waals surface area contributed by atoms with Crippen LogP contribution in [0.3, 0.4) is 0 Å². The van der Waals surface area contributed by atoms with Crippen molar-refractivity contribution in [3.63, 3.8) is 0 Å². The number of esters is 1. The van der Waals surface area contributed by atoms with Gasteiger partial charge in [-0.05, 0) is 24.3 Å². The second-order valence-electron chi connectivity index (χ2n) is 5.78. The van der Waals surface area contributed by atoms with Crippen LogP contribution in [-0.4, -0.2) is 30.7 Å². The topological polar surface area (TPSA) is 102 Å². The molecule has 0 radical (unpaired) electrons. The molecule has 0 aliphatic rings. The van der Waals surface area contributed by atoms with Crippen molar-refractivity contribution in [3.05, 3.63) is 71.5 Å². The van der Waals surface area contributed by atoms with E-state index in [2.05, 4.69) is 10.6 Å². The summed E-state index contributed by atoms with van der Waals surface area (Å²) < 4.78 is 18.1. The second-order valence-corrected chi connectivity index (χ2v) is 5.78. The number of carbonyl (C=O) groups excluding carboxylic acids is 4. The summed E-state index contributed by atoms with van der Waals surface area (Å²) in [5.74, 6) is -2.42. The molecule has 0 unspecified atom stereocenters. The highest BCUT2D eigenvalue weighted by molar-refractivity contribution is 5.99. The average Bonchev–Trinajstić information content (AvgIpc) is 2.71. The lowest BCUT2D eigenvalue weighted by Crippen LogP contribution is -2.41. The number of imide groups is 1. The maximum Gasteiger partial charge on any atom is 0.321 e. The lowest BCUT2D eigenvalue weighted by Gasteiger charge is -2.17. The molecule has 0 aliphatic heterocycles. The minimum absolute atomic E-state index is 0.164. The zero-order valence-corrected chi connectivity index (χ0v) is 15.1. The van der Waals surface area contributed by atoms with E-state index in [-0.39, 0.29) is 24.2 Å². The molecule has 3 amide bonds. The largest absolute Gasteiger partial charge is 0.447 e. The molecule has 0 heterocycles. The van der Waals surface area contributed by atoms with Crippen LogP contribution in [0.4, 0.5) is 9.18 Å². The third-order valence-electron chi connectivity index (χ3n) is 3.78. The molecule has 0 aromatic heterocycles. The van der Waals surface area contributed by atoms with Gasteiger partial charge in [-0.1, -0.05) is 30.3 Å². The van der Waals surface area contributed by atoms with E-state index in [0.29, 0.717) is 5.56 Å². The van der Waals surface area contributed by atoms with E-state index in [4.69, 9.17) is 4.74 Å². The number of urea groups is 1. The van der Waals surface area contributed by atoms with Gasteiger partial charge < -0.3 is 10.1 Å². The molecule has 7 nitrogen and oxygen atoms in total.